The van der Waals surface area contributed by atoms with Crippen molar-refractivity contribution >= 4 is 39.3 Å². The second-order valence-electron chi connectivity index (χ2n) is 7.16. The van der Waals surface area contributed by atoms with Crippen molar-refractivity contribution in [2.45, 2.75) is 33.4 Å². The Hall–Kier alpha value is -3.45. The smallest absolute Gasteiger partial charge is 0.221 e. The van der Waals surface area contributed by atoms with Crippen LogP contribution in [0.2, 0.25) is 0 Å². The molecule has 0 fully saturated rings. The summed E-state index contributed by atoms with van der Waals surface area (Å²) in [5.74, 6) is 1.19. The molecule has 2 aromatic heterocycles. The van der Waals surface area contributed by atoms with Crippen LogP contribution in [-0.2, 0) is 29.1 Å². The number of pyridine rings is 1. The molecule has 0 aliphatic rings. The van der Waals surface area contributed by atoms with Crippen LogP contribution < -0.4 is 11.1 Å². The van der Waals surface area contributed by atoms with E-state index in [9.17, 15) is 4.79 Å². The minimum Gasteiger partial charge on any atom is -0.382 e. The standard InChI is InChI=1S/C23H25N5O2/c1-3-30-14-20-27-21-22(18-6-4-5-7-19(18)26-23(21)24)28(20)13-12-16-8-10-17(11-9-16)25-15(2)29/h4-11H,3,12-14H2,1-2H3,(H2,24,26)(H,25,29). The number of aryl methyl sites for hydroxylation is 2. The lowest BCUT2D eigenvalue weighted by molar-refractivity contribution is -0.114. The van der Waals surface area contributed by atoms with Crippen LogP contribution in [-0.4, -0.2) is 27.0 Å². The fraction of sp³-hybridized carbons (Fsp3) is 0.261. The van der Waals surface area contributed by atoms with Crippen LogP contribution in [0.3, 0.4) is 0 Å². The van der Waals surface area contributed by atoms with Crippen molar-refractivity contribution in [3.63, 3.8) is 0 Å². The molecule has 3 N–H and O–H groups in total. The van der Waals surface area contributed by atoms with Gasteiger partial charge in [-0.15, -0.1) is 0 Å². The summed E-state index contributed by atoms with van der Waals surface area (Å²) in [6.45, 7) is 5.23. The molecule has 0 aliphatic carbocycles. The second kappa shape index (κ2) is 8.51. The molecule has 0 spiro atoms. The highest BCUT2D eigenvalue weighted by Gasteiger charge is 2.17. The Labute approximate surface area is 174 Å². The molecule has 1 amide bonds. The Kier molecular flexibility index (Phi) is 5.63. The molecule has 0 atom stereocenters. The number of ether oxygens (including phenoxy) is 1. The highest BCUT2D eigenvalue weighted by molar-refractivity contribution is 6.06. The molecule has 0 saturated heterocycles. The summed E-state index contributed by atoms with van der Waals surface area (Å²) < 4.78 is 7.85. The van der Waals surface area contributed by atoms with Crippen LogP contribution in [0.25, 0.3) is 21.9 Å². The molecule has 0 saturated carbocycles. The topological polar surface area (TPSA) is 95.1 Å². The average Bonchev–Trinajstić information content (AvgIpc) is 3.11. The number of carbonyl (C=O) groups is 1. The van der Waals surface area contributed by atoms with Crippen LogP contribution in [0.15, 0.2) is 48.5 Å². The third kappa shape index (κ3) is 3.97. The first kappa shape index (κ1) is 19.8. The Bertz CT molecular complexity index is 1200. The van der Waals surface area contributed by atoms with E-state index in [0.717, 1.165) is 40.9 Å². The van der Waals surface area contributed by atoms with Gasteiger partial charge >= 0.3 is 0 Å². The molecule has 154 valence electrons. The fourth-order valence-corrected chi connectivity index (χ4v) is 3.65. The number of nitrogens with two attached hydrogens (primary N) is 1. The lowest BCUT2D eigenvalue weighted by Gasteiger charge is -2.11. The number of nitrogen functional groups attached to an aromatic ring is 1. The summed E-state index contributed by atoms with van der Waals surface area (Å²) in [7, 11) is 0. The third-order valence-corrected chi connectivity index (χ3v) is 5.02. The van der Waals surface area contributed by atoms with Gasteiger partial charge < -0.3 is 20.4 Å². The summed E-state index contributed by atoms with van der Waals surface area (Å²) in [5.41, 5.74) is 10.7. The maximum absolute atomic E-state index is 11.2. The van der Waals surface area contributed by atoms with E-state index in [0.29, 0.717) is 24.5 Å². The maximum atomic E-state index is 11.2. The van der Waals surface area contributed by atoms with Gasteiger partial charge in [0.2, 0.25) is 5.91 Å². The van der Waals surface area contributed by atoms with Crippen molar-refractivity contribution in [1.29, 1.82) is 0 Å². The number of nitrogens with zero attached hydrogens (tertiary/aromatic N) is 3. The van der Waals surface area contributed by atoms with E-state index >= 15 is 0 Å². The van der Waals surface area contributed by atoms with E-state index in [4.69, 9.17) is 15.5 Å². The molecule has 2 heterocycles. The average molecular weight is 403 g/mol. The van der Waals surface area contributed by atoms with Crippen LogP contribution in [0, 0.1) is 0 Å². The lowest BCUT2D eigenvalue weighted by Crippen LogP contribution is -2.09. The zero-order valence-corrected chi connectivity index (χ0v) is 17.2. The molecular formula is C23H25N5O2. The van der Waals surface area contributed by atoms with Crippen molar-refractivity contribution in [3.05, 3.63) is 59.9 Å². The number of fused-ring (bicyclic) bond motifs is 3. The highest BCUT2D eigenvalue weighted by Crippen LogP contribution is 2.29. The van der Waals surface area contributed by atoms with Crippen molar-refractivity contribution in [3.8, 4) is 0 Å². The van der Waals surface area contributed by atoms with Crippen molar-refractivity contribution in [1.82, 2.24) is 14.5 Å². The van der Waals surface area contributed by atoms with Gasteiger partial charge in [0, 0.05) is 31.1 Å². The molecular weight excluding hydrogens is 378 g/mol. The van der Waals surface area contributed by atoms with Crippen LogP contribution in [0.5, 0.6) is 0 Å². The Morgan fingerprint density at radius 2 is 1.90 bits per heavy atom. The quantitative estimate of drug-likeness (QED) is 0.488. The number of carbonyl (C=O) groups excluding carboxylic acids is 1. The van der Waals surface area contributed by atoms with Crippen LogP contribution in [0.4, 0.5) is 11.5 Å². The van der Waals surface area contributed by atoms with Gasteiger partial charge in [-0.2, -0.15) is 0 Å². The number of hydrogen-bond acceptors (Lipinski definition) is 5. The summed E-state index contributed by atoms with van der Waals surface area (Å²) in [6, 6.07) is 15.9. The number of rotatable bonds is 7. The zero-order chi connectivity index (χ0) is 21.1. The van der Waals surface area contributed by atoms with Crippen molar-refractivity contribution < 1.29 is 9.53 Å². The predicted molar refractivity (Wildman–Crippen MR) is 119 cm³/mol. The number of imidazole rings is 1. The zero-order valence-electron chi connectivity index (χ0n) is 17.2. The SMILES string of the molecule is CCOCc1nc2c(N)nc3ccccc3c2n1CCc1ccc(NC(C)=O)cc1. The van der Waals surface area contributed by atoms with Gasteiger partial charge in [-0.3, -0.25) is 4.79 Å². The number of amides is 1. The first-order valence-corrected chi connectivity index (χ1v) is 10.0. The minimum absolute atomic E-state index is 0.0775. The second-order valence-corrected chi connectivity index (χ2v) is 7.16. The molecule has 0 aliphatic heterocycles. The molecule has 4 aromatic rings. The highest BCUT2D eigenvalue weighted by atomic mass is 16.5. The monoisotopic (exact) mass is 403 g/mol. The largest absolute Gasteiger partial charge is 0.382 e. The minimum atomic E-state index is -0.0775. The van der Waals surface area contributed by atoms with E-state index in [1.807, 2.05) is 49.4 Å². The van der Waals surface area contributed by atoms with Crippen molar-refractivity contribution in [2.24, 2.45) is 0 Å². The summed E-state index contributed by atoms with van der Waals surface area (Å²) >= 11 is 0. The molecule has 30 heavy (non-hydrogen) atoms. The molecule has 7 heteroatoms. The van der Waals surface area contributed by atoms with Gasteiger partial charge in [0.1, 0.15) is 17.9 Å². The molecule has 4 rings (SSSR count). The normalized spacial score (nSPS) is 11.3. The molecule has 7 nitrogen and oxygen atoms in total. The van der Waals surface area contributed by atoms with Gasteiger partial charge in [0.15, 0.2) is 5.82 Å². The molecule has 0 radical (unpaired) electrons. The van der Waals surface area contributed by atoms with E-state index < -0.39 is 0 Å². The van der Waals surface area contributed by atoms with Gasteiger partial charge in [0.25, 0.3) is 0 Å². The summed E-state index contributed by atoms with van der Waals surface area (Å²) in [5, 5.41) is 3.82. The summed E-state index contributed by atoms with van der Waals surface area (Å²) in [4.78, 5) is 20.5. The number of aromatic nitrogens is 3. The number of benzene rings is 2. The predicted octanol–water partition coefficient (Wildman–Crippen LogP) is 3.90. The molecule has 0 unspecified atom stereocenters. The van der Waals surface area contributed by atoms with E-state index in [-0.39, 0.29) is 5.91 Å². The first-order chi connectivity index (χ1) is 14.6. The number of anilines is 2. The Morgan fingerprint density at radius 3 is 2.63 bits per heavy atom. The van der Waals surface area contributed by atoms with Gasteiger partial charge in [-0.25, -0.2) is 9.97 Å². The fourth-order valence-electron chi connectivity index (χ4n) is 3.65. The third-order valence-electron chi connectivity index (χ3n) is 5.02. The Balaban J connectivity index is 1.71. The molecule has 2 aromatic carbocycles. The van der Waals surface area contributed by atoms with Gasteiger partial charge in [0.05, 0.1) is 11.0 Å². The number of nitrogens with one attached hydrogen (secondary N) is 1. The Morgan fingerprint density at radius 1 is 1.13 bits per heavy atom. The van der Waals surface area contributed by atoms with E-state index in [1.165, 1.54) is 12.5 Å². The van der Waals surface area contributed by atoms with Crippen molar-refractivity contribution in [2.75, 3.05) is 17.7 Å². The first-order valence-electron chi connectivity index (χ1n) is 10.0. The van der Waals surface area contributed by atoms with Gasteiger partial charge in [-0.05, 0) is 37.1 Å². The number of para-hydroxylation sites is 1. The maximum Gasteiger partial charge on any atom is 0.221 e. The van der Waals surface area contributed by atoms with E-state index in [1.54, 1.807) is 0 Å². The number of hydrogen-bond donors (Lipinski definition) is 2. The molecule has 0 bridgehead atoms. The van der Waals surface area contributed by atoms with Crippen LogP contribution >= 0.6 is 0 Å². The van der Waals surface area contributed by atoms with E-state index in [2.05, 4.69) is 20.9 Å². The van der Waals surface area contributed by atoms with Gasteiger partial charge in [-0.1, -0.05) is 30.3 Å². The summed E-state index contributed by atoms with van der Waals surface area (Å²) in [6.07, 6.45) is 0.807. The lowest BCUT2D eigenvalue weighted by atomic mass is 10.1. The van der Waals surface area contributed by atoms with Crippen LogP contribution in [0.1, 0.15) is 25.2 Å².